The highest BCUT2D eigenvalue weighted by molar-refractivity contribution is 5.30. The molecule has 1 aromatic rings. The average Bonchev–Trinajstić information content (AvgIpc) is 2.68. The first-order valence-corrected chi connectivity index (χ1v) is 6.70. The highest BCUT2D eigenvalue weighted by Gasteiger charge is 2.31. The summed E-state index contributed by atoms with van der Waals surface area (Å²) in [7, 11) is 0. The summed E-state index contributed by atoms with van der Waals surface area (Å²) < 4.78 is 5.60. The van der Waals surface area contributed by atoms with E-state index in [0.29, 0.717) is 17.9 Å². The van der Waals surface area contributed by atoms with Crippen LogP contribution in [0.15, 0.2) is 24.3 Å². The fraction of sp³-hybridized carbons (Fsp3) is 0.600. The van der Waals surface area contributed by atoms with Crippen LogP contribution in [0.2, 0.25) is 0 Å². The van der Waals surface area contributed by atoms with Crippen LogP contribution in [0.1, 0.15) is 44.6 Å². The molecule has 1 aromatic carbocycles. The lowest BCUT2D eigenvalue weighted by Gasteiger charge is -2.18. The molecule has 2 rings (SSSR count). The van der Waals surface area contributed by atoms with E-state index in [1.165, 1.54) is 12.0 Å². The molecule has 94 valence electrons. The molecule has 0 amide bonds. The third-order valence-electron chi connectivity index (χ3n) is 3.90. The summed E-state index contributed by atoms with van der Waals surface area (Å²) >= 11 is 0. The molecule has 1 aliphatic rings. The summed E-state index contributed by atoms with van der Waals surface area (Å²) in [6.07, 6.45) is 3.42. The van der Waals surface area contributed by atoms with Crippen LogP contribution in [0.3, 0.4) is 0 Å². The fourth-order valence-electron chi connectivity index (χ4n) is 2.70. The van der Waals surface area contributed by atoms with Crippen molar-refractivity contribution in [3.05, 3.63) is 29.8 Å². The second-order valence-electron chi connectivity index (χ2n) is 5.12. The Balaban J connectivity index is 2.02. The van der Waals surface area contributed by atoms with E-state index < -0.39 is 0 Å². The van der Waals surface area contributed by atoms with Crippen molar-refractivity contribution in [1.82, 2.24) is 0 Å². The molecule has 0 bridgehead atoms. The van der Waals surface area contributed by atoms with Crippen LogP contribution in [0.4, 0.5) is 0 Å². The molecule has 2 nitrogen and oxygen atoms in total. The first-order valence-electron chi connectivity index (χ1n) is 6.70. The Morgan fingerprint density at radius 2 is 1.94 bits per heavy atom. The topological polar surface area (TPSA) is 35.2 Å². The highest BCUT2D eigenvalue weighted by Crippen LogP contribution is 2.38. The van der Waals surface area contributed by atoms with Gasteiger partial charge in [-0.25, -0.2) is 0 Å². The van der Waals surface area contributed by atoms with Crippen molar-refractivity contribution in [2.75, 3.05) is 6.61 Å². The average molecular weight is 233 g/mol. The monoisotopic (exact) mass is 233 g/mol. The number of hydrogen-bond donors (Lipinski definition) is 1. The predicted octanol–water partition coefficient (Wildman–Crippen LogP) is 3.32. The van der Waals surface area contributed by atoms with Crippen molar-refractivity contribution in [2.45, 2.75) is 45.1 Å². The molecule has 0 aromatic heterocycles. The minimum Gasteiger partial charge on any atom is -0.494 e. The van der Waals surface area contributed by atoms with Gasteiger partial charge in [-0.05, 0) is 48.8 Å². The molecule has 0 radical (unpaired) electrons. The smallest absolute Gasteiger partial charge is 0.119 e. The fourth-order valence-corrected chi connectivity index (χ4v) is 2.70. The van der Waals surface area contributed by atoms with Gasteiger partial charge in [-0.1, -0.05) is 26.0 Å². The Labute approximate surface area is 104 Å². The van der Waals surface area contributed by atoms with Gasteiger partial charge >= 0.3 is 0 Å². The van der Waals surface area contributed by atoms with Crippen molar-refractivity contribution in [1.29, 1.82) is 0 Å². The minimum absolute atomic E-state index is 0.371. The van der Waals surface area contributed by atoms with Crippen LogP contribution >= 0.6 is 0 Å². The van der Waals surface area contributed by atoms with E-state index in [0.717, 1.165) is 25.2 Å². The summed E-state index contributed by atoms with van der Waals surface area (Å²) in [6, 6.07) is 8.94. The Hall–Kier alpha value is -1.02. The molecule has 3 unspecified atom stereocenters. The van der Waals surface area contributed by atoms with Gasteiger partial charge in [-0.3, -0.25) is 0 Å². The maximum Gasteiger partial charge on any atom is 0.119 e. The van der Waals surface area contributed by atoms with Gasteiger partial charge in [-0.15, -0.1) is 0 Å². The van der Waals surface area contributed by atoms with E-state index >= 15 is 0 Å². The lowest BCUT2D eigenvalue weighted by molar-refractivity contribution is 0.317. The second-order valence-corrected chi connectivity index (χ2v) is 5.12. The third kappa shape index (κ3) is 2.81. The molecule has 2 heteroatoms. The number of benzene rings is 1. The predicted molar refractivity (Wildman–Crippen MR) is 71.3 cm³/mol. The number of hydrogen-bond acceptors (Lipinski definition) is 2. The van der Waals surface area contributed by atoms with Crippen molar-refractivity contribution < 1.29 is 4.74 Å². The molecule has 0 saturated heterocycles. The molecular weight excluding hydrogens is 210 g/mol. The Morgan fingerprint density at radius 3 is 2.47 bits per heavy atom. The van der Waals surface area contributed by atoms with Crippen molar-refractivity contribution in [3.8, 4) is 5.75 Å². The molecular formula is C15H23NO. The van der Waals surface area contributed by atoms with Gasteiger partial charge in [0.05, 0.1) is 6.61 Å². The van der Waals surface area contributed by atoms with Gasteiger partial charge in [0.1, 0.15) is 5.75 Å². The quantitative estimate of drug-likeness (QED) is 0.866. The van der Waals surface area contributed by atoms with Crippen LogP contribution in [-0.2, 0) is 0 Å². The zero-order valence-corrected chi connectivity index (χ0v) is 10.9. The summed E-state index contributed by atoms with van der Waals surface area (Å²) in [5.74, 6) is 2.20. The molecule has 1 saturated carbocycles. The van der Waals surface area contributed by atoms with Crippen LogP contribution in [-0.4, -0.2) is 12.6 Å². The van der Waals surface area contributed by atoms with E-state index in [2.05, 4.69) is 38.1 Å². The number of rotatable bonds is 4. The van der Waals surface area contributed by atoms with E-state index in [4.69, 9.17) is 10.5 Å². The lowest BCUT2D eigenvalue weighted by atomic mass is 9.89. The molecule has 0 aliphatic heterocycles. The molecule has 1 fully saturated rings. The molecule has 2 N–H and O–H groups in total. The van der Waals surface area contributed by atoms with Crippen LogP contribution in [0.5, 0.6) is 5.75 Å². The first kappa shape index (κ1) is 12.4. The summed E-state index contributed by atoms with van der Waals surface area (Å²) in [6.45, 7) is 5.18. The van der Waals surface area contributed by atoms with Gasteiger partial charge in [0.15, 0.2) is 0 Å². The lowest BCUT2D eigenvalue weighted by Crippen LogP contribution is -2.24. The van der Waals surface area contributed by atoms with Crippen LogP contribution in [0, 0.1) is 5.92 Å². The Kier molecular flexibility index (Phi) is 4.06. The van der Waals surface area contributed by atoms with E-state index in [1.807, 2.05) is 0 Å². The summed E-state index contributed by atoms with van der Waals surface area (Å²) in [5.41, 5.74) is 7.49. The van der Waals surface area contributed by atoms with Gasteiger partial charge < -0.3 is 10.5 Å². The third-order valence-corrected chi connectivity index (χ3v) is 3.90. The van der Waals surface area contributed by atoms with Gasteiger partial charge in [0.25, 0.3) is 0 Å². The minimum atomic E-state index is 0.371. The maximum atomic E-state index is 6.08. The van der Waals surface area contributed by atoms with Crippen molar-refractivity contribution >= 4 is 0 Å². The number of nitrogens with two attached hydrogens (primary N) is 1. The maximum absolute atomic E-state index is 6.08. The Bertz CT molecular complexity index is 346. The molecule has 17 heavy (non-hydrogen) atoms. The second kappa shape index (κ2) is 5.54. The molecule has 3 atom stereocenters. The van der Waals surface area contributed by atoms with E-state index in [1.54, 1.807) is 0 Å². The summed E-state index contributed by atoms with van der Waals surface area (Å²) in [4.78, 5) is 0. The zero-order chi connectivity index (χ0) is 12.3. The largest absolute Gasteiger partial charge is 0.494 e. The Morgan fingerprint density at radius 1 is 1.24 bits per heavy atom. The molecule has 1 aliphatic carbocycles. The van der Waals surface area contributed by atoms with Crippen LogP contribution in [0.25, 0.3) is 0 Å². The first-order chi connectivity index (χ1) is 8.22. The van der Waals surface area contributed by atoms with Gasteiger partial charge in [0.2, 0.25) is 0 Å². The molecule has 0 spiro atoms. The SMILES string of the molecule is CCCOc1ccc(C2CCC(N)C2C)cc1. The standard InChI is InChI=1S/C15H23NO/c1-3-10-17-13-6-4-12(5-7-13)14-8-9-15(16)11(14)2/h4-7,11,14-15H,3,8-10,16H2,1-2H3. The molecule has 0 heterocycles. The van der Waals surface area contributed by atoms with Crippen molar-refractivity contribution in [2.24, 2.45) is 11.7 Å². The van der Waals surface area contributed by atoms with E-state index in [-0.39, 0.29) is 0 Å². The highest BCUT2D eigenvalue weighted by atomic mass is 16.5. The van der Waals surface area contributed by atoms with Crippen molar-refractivity contribution in [3.63, 3.8) is 0 Å². The number of ether oxygens (including phenoxy) is 1. The van der Waals surface area contributed by atoms with E-state index in [9.17, 15) is 0 Å². The summed E-state index contributed by atoms with van der Waals surface area (Å²) in [5, 5.41) is 0. The zero-order valence-electron chi connectivity index (χ0n) is 10.9. The normalized spacial score (nSPS) is 28.3. The van der Waals surface area contributed by atoms with Crippen LogP contribution < -0.4 is 10.5 Å². The van der Waals surface area contributed by atoms with Gasteiger partial charge in [-0.2, -0.15) is 0 Å². The van der Waals surface area contributed by atoms with Gasteiger partial charge in [0, 0.05) is 6.04 Å².